The molecule has 3 aromatic rings. The zero-order chi connectivity index (χ0) is 21.3. The molecule has 2 amide bonds. The van der Waals surface area contributed by atoms with Gasteiger partial charge in [0.25, 0.3) is 5.91 Å². The van der Waals surface area contributed by atoms with Gasteiger partial charge < -0.3 is 15.0 Å². The quantitative estimate of drug-likeness (QED) is 0.608. The second-order valence-electron chi connectivity index (χ2n) is 7.22. The summed E-state index contributed by atoms with van der Waals surface area (Å²) in [6, 6.07) is 25.3. The van der Waals surface area contributed by atoms with E-state index in [1.807, 2.05) is 78.9 Å². The van der Waals surface area contributed by atoms with Crippen LogP contribution in [-0.4, -0.2) is 37.4 Å². The van der Waals surface area contributed by atoms with Crippen molar-refractivity contribution in [1.29, 1.82) is 0 Å². The lowest BCUT2D eigenvalue weighted by atomic mass is 10.1. The van der Waals surface area contributed by atoms with Crippen LogP contribution in [0.3, 0.4) is 0 Å². The maximum Gasteiger partial charge on any atom is 0.262 e. The van der Waals surface area contributed by atoms with E-state index in [-0.39, 0.29) is 18.4 Å². The van der Waals surface area contributed by atoms with Gasteiger partial charge in [0.1, 0.15) is 5.75 Å². The molecule has 5 heteroatoms. The predicted molar refractivity (Wildman–Crippen MR) is 119 cm³/mol. The third kappa shape index (κ3) is 6.21. The number of ether oxygens (including phenoxy) is 1. The van der Waals surface area contributed by atoms with Gasteiger partial charge in [-0.1, -0.05) is 54.6 Å². The van der Waals surface area contributed by atoms with Gasteiger partial charge >= 0.3 is 0 Å². The smallest absolute Gasteiger partial charge is 0.262 e. The fourth-order valence-electron chi connectivity index (χ4n) is 3.00. The van der Waals surface area contributed by atoms with Gasteiger partial charge in [0.2, 0.25) is 5.91 Å². The standard InChI is InChI=1S/C25H26N2O3/c1-27(2)25(29)16-11-19-7-6-10-22(17-19)26-24(28)18-30-23-14-12-21(13-15-23)20-8-4-3-5-9-20/h3-10,12-15,17H,11,16,18H2,1-2H3,(H,26,28). The summed E-state index contributed by atoms with van der Waals surface area (Å²) in [7, 11) is 3.49. The molecule has 0 radical (unpaired) electrons. The summed E-state index contributed by atoms with van der Waals surface area (Å²) in [5, 5.41) is 2.84. The maximum atomic E-state index is 12.2. The predicted octanol–water partition coefficient (Wildman–Crippen LogP) is 4.39. The van der Waals surface area contributed by atoms with Crippen LogP contribution in [0.2, 0.25) is 0 Å². The Morgan fingerprint density at radius 2 is 1.57 bits per heavy atom. The van der Waals surface area contributed by atoms with Crippen LogP contribution in [0.15, 0.2) is 78.9 Å². The van der Waals surface area contributed by atoms with Gasteiger partial charge in [0, 0.05) is 26.2 Å². The summed E-state index contributed by atoms with van der Waals surface area (Å²) < 4.78 is 5.60. The Kier molecular flexibility index (Phi) is 7.22. The number of carbonyl (C=O) groups excluding carboxylic acids is 2. The first-order valence-electron chi connectivity index (χ1n) is 9.88. The Morgan fingerprint density at radius 1 is 0.867 bits per heavy atom. The topological polar surface area (TPSA) is 58.6 Å². The molecule has 0 saturated carbocycles. The minimum Gasteiger partial charge on any atom is -0.484 e. The van der Waals surface area contributed by atoms with E-state index in [1.54, 1.807) is 19.0 Å². The molecule has 30 heavy (non-hydrogen) atoms. The molecular formula is C25H26N2O3. The molecule has 0 unspecified atom stereocenters. The van der Waals surface area contributed by atoms with Crippen molar-refractivity contribution in [1.82, 2.24) is 4.90 Å². The largest absolute Gasteiger partial charge is 0.484 e. The molecule has 0 spiro atoms. The van der Waals surface area contributed by atoms with Crippen molar-refractivity contribution in [2.24, 2.45) is 0 Å². The van der Waals surface area contributed by atoms with Crippen molar-refractivity contribution in [3.05, 3.63) is 84.4 Å². The monoisotopic (exact) mass is 402 g/mol. The van der Waals surface area contributed by atoms with E-state index in [9.17, 15) is 9.59 Å². The average Bonchev–Trinajstić information content (AvgIpc) is 2.77. The van der Waals surface area contributed by atoms with Gasteiger partial charge in [-0.2, -0.15) is 0 Å². The molecular weight excluding hydrogens is 376 g/mol. The zero-order valence-corrected chi connectivity index (χ0v) is 17.3. The van der Waals surface area contributed by atoms with Gasteiger partial charge in [-0.3, -0.25) is 9.59 Å². The van der Waals surface area contributed by atoms with Crippen LogP contribution < -0.4 is 10.1 Å². The number of rotatable bonds is 8. The second kappa shape index (κ2) is 10.3. The number of benzene rings is 3. The van der Waals surface area contributed by atoms with E-state index in [2.05, 4.69) is 5.32 Å². The van der Waals surface area contributed by atoms with Crippen molar-refractivity contribution in [3.8, 4) is 16.9 Å². The number of amides is 2. The highest BCUT2D eigenvalue weighted by molar-refractivity contribution is 5.92. The third-order valence-electron chi connectivity index (χ3n) is 4.67. The van der Waals surface area contributed by atoms with E-state index in [0.717, 1.165) is 16.7 Å². The minimum absolute atomic E-state index is 0.0754. The van der Waals surface area contributed by atoms with Crippen LogP contribution in [0.1, 0.15) is 12.0 Å². The van der Waals surface area contributed by atoms with Crippen LogP contribution in [0.25, 0.3) is 11.1 Å². The Balaban J connectivity index is 1.50. The Labute approximate surface area is 177 Å². The summed E-state index contributed by atoms with van der Waals surface area (Å²) in [5.41, 5.74) is 3.92. The van der Waals surface area contributed by atoms with E-state index in [0.29, 0.717) is 24.3 Å². The highest BCUT2D eigenvalue weighted by atomic mass is 16.5. The molecule has 0 aliphatic carbocycles. The Hall–Kier alpha value is -3.60. The molecule has 3 rings (SSSR count). The minimum atomic E-state index is -0.233. The van der Waals surface area contributed by atoms with Crippen molar-refractivity contribution >= 4 is 17.5 Å². The summed E-state index contributed by atoms with van der Waals surface area (Å²) >= 11 is 0. The molecule has 0 aliphatic rings. The summed E-state index contributed by atoms with van der Waals surface area (Å²) in [6.07, 6.45) is 1.07. The second-order valence-corrected chi connectivity index (χ2v) is 7.22. The number of aryl methyl sites for hydroxylation is 1. The van der Waals surface area contributed by atoms with E-state index in [4.69, 9.17) is 4.74 Å². The number of hydrogen-bond acceptors (Lipinski definition) is 3. The van der Waals surface area contributed by atoms with Crippen molar-refractivity contribution in [3.63, 3.8) is 0 Å². The number of carbonyl (C=O) groups is 2. The van der Waals surface area contributed by atoms with Gasteiger partial charge in [-0.25, -0.2) is 0 Å². The van der Waals surface area contributed by atoms with Gasteiger partial charge in [-0.05, 0) is 47.4 Å². The zero-order valence-electron chi connectivity index (χ0n) is 17.3. The number of nitrogens with zero attached hydrogens (tertiary/aromatic N) is 1. The number of nitrogens with one attached hydrogen (secondary N) is 1. The highest BCUT2D eigenvalue weighted by Crippen LogP contribution is 2.22. The lowest BCUT2D eigenvalue weighted by molar-refractivity contribution is -0.128. The van der Waals surface area contributed by atoms with Gasteiger partial charge in [0.15, 0.2) is 6.61 Å². The first kappa shape index (κ1) is 21.1. The summed E-state index contributed by atoms with van der Waals surface area (Å²) in [4.78, 5) is 25.6. The van der Waals surface area contributed by atoms with Gasteiger partial charge in [-0.15, -0.1) is 0 Å². The molecule has 0 atom stereocenters. The van der Waals surface area contributed by atoms with E-state index in [1.165, 1.54) is 0 Å². The van der Waals surface area contributed by atoms with Crippen LogP contribution >= 0.6 is 0 Å². The Morgan fingerprint density at radius 3 is 2.27 bits per heavy atom. The van der Waals surface area contributed by atoms with Crippen LogP contribution in [0, 0.1) is 0 Å². The highest BCUT2D eigenvalue weighted by Gasteiger charge is 2.07. The first-order chi connectivity index (χ1) is 14.5. The molecule has 154 valence electrons. The van der Waals surface area contributed by atoms with Gasteiger partial charge in [0.05, 0.1) is 0 Å². The van der Waals surface area contributed by atoms with Crippen molar-refractivity contribution < 1.29 is 14.3 Å². The molecule has 3 aromatic carbocycles. The van der Waals surface area contributed by atoms with Crippen LogP contribution in [0.5, 0.6) is 5.75 Å². The maximum absolute atomic E-state index is 12.2. The number of hydrogen-bond donors (Lipinski definition) is 1. The van der Waals surface area contributed by atoms with Crippen LogP contribution in [-0.2, 0) is 16.0 Å². The lowest BCUT2D eigenvalue weighted by Crippen LogP contribution is -2.22. The fraction of sp³-hybridized carbons (Fsp3) is 0.200. The molecule has 0 heterocycles. The molecule has 0 aliphatic heterocycles. The molecule has 0 saturated heterocycles. The fourth-order valence-corrected chi connectivity index (χ4v) is 3.00. The summed E-state index contributed by atoms with van der Waals surface area (Å²) in [6.45, 7) is -0.0754. The van der Waals surface area contributed by atoms with Crippen molar-refractivity contribution in [2.45, 2.75) is 12.8 Å². The van der Waals surface area contributed by atoms with Crippen molar-refractivity contribution in [2.75, 3.05) is 26.0 Å². The lowest BCUT2D eigenvalue weighted by Gasteiger charge is -2.11. The first-order valence-corrected chi connectivity index (χ1v) is 9.88. The molecule has 0 bridgehead atoms. The summed E-state index contributed by atoms with van der Waals surface area (Å²) in [5.74, 6) is 0.487. The average molecular weight is 402 g/mol. The van der Waals surface area contributed by atoms with Crippen LogP contribution in [0.4, 0.5) is 5.69 Å². The molecule has 0 aromatic heterocycles. The van der Waals surface area contributed by atoms with E-state index >= 15 is 0 Å². The normalized spacial score (nSPS) is 10.3. The molecule has 1 N–H and O–H groups in total. The third-order valence-corrected chi connectivity index (χ3v) is 4.67. The SMILES string of the molecule is CN(C)C(=O)CCc1cccc(NC(=O)COc2ccc(-c3ccccc3)cc2)c1. The number of anilines is 1. The van der Waals surface area contributed by atoms with E-state index < -0.39 is 0 Å². The Bertz CT molecular complexity index is 983. The molecule has 0 fully saturated rings. The molecule has 5 nitrogen and oxygen atoms in total.